The van der Waals surface area contributed by atoms with Crippen LogP contribution in [0.3, 0.4) is 0 Å². The standard InChI is InChI=1S/C14H15N3O/c1-9(18)5-12-6-11(7-13(15)14(12)16)10-3-2-4-17-8-10/h2-4,6-8H,5,15-16H2,1H3. The zero-order valence-electron chi connectivity index (χ0n) is 10.2. The Kier molecular flexibility index (Phi) is 3.28. The van der Waals surface area contributed by atoms with Gasteiger partial charge in [0.1, 0.15) is 5.78 Å². The maximum atomic E-state index is 11.2. The minimum absolute atomic E-state index is 0.0597. The van der Waals surface area contributed by atoms with Gasteiger partial charge in [0, 0.05) is 24.4 Å². The summed E-state index contributed by atoms with van der Waals surface area (Å²) in [6.45, 7) is 1.53. The van der Waals surface area contributed by atoms with Crippen molar-refractivity contribution in [3.63, 3.8) is 0 Å². The van der Waals surface area contributed by atoms with E-state index >= 15 is 0 Å². The Balaban J connectivity index is 2.51. The highest BCUT2D eigenvalue weighted by Gasteiger charge is 2.09. The minimum Gasteiger partial charge on any atom is -0.397 e. The smallest absolute Gasteiger partial charge is 0.134 e. The Labute approximate surface area is 106 Å². The fourth-order valence-electron chi connectivity index (χ4n) is 1.85. The van der Waals surface area contributed by atoms with Crippen LogP contribution in [0, 0.1) is 0 Å². The Hall–Kier alpha value is -2.36. The fraction of sp³-hybridized carbons (Fsp3) is 0.143. The van der Waals surface area contributed by atoms with Crippen LogP contribution in [0.2, 0.25) is 0 Å². The van der Waals surface area contributed by atoms with Gasteiger partial charge in [-0.3, -0.25) is 9.78 Å². The molecule has 0 radical (unpaired) electrons. The van der Waals surface area contributed by atoms with Crippen molar-refractivity contribution in [1.82, 2.24) is 4.98 Å². The molecule has 0 fully saturated rings. The average molecular weight is 241 g/mol. The lowest BCUT2D eigenvalue weighted by molar-refractivity contribution is -0.116. The molecule has 0 aliphatic heterocycles. The predicted octanol–water partition coefficient (Wildman–Crippen LogP) is 2.04. The lowest BCUT2D eigenvalue weighted by Crippen LogP contribution is -2.04. The van der Waals surface area contributed by atoms with Crippen LogP contribution in [0.25, 0.3) is 11.1 Å². The van der Waals surface area contributed by atoms with E-state index < -0.39 is 0 Å². The van der Waals surface area contributed by atoms with Gasteiger partial charge < -0.3 is 11.5 Å². The van der Waals surface area contributed by atoms with Gasteiger partial charge >= 0.3 is 0 Å². The zero-order chi connectivity index (χ0) is 13.1. The van der Waals surface area contributed by atoms with E-state index in [1.165, 1.54) is 6.92 Å². The molecule has 0 unspecified atom stereocenters. The second-order valence-electron chi connectivity index (χ2n) is 4.26. The number of ketones is 1. The van der Waals surface area contributed by atoms with E-state index in [0.29, 0.717) is 17.8 Å². The Morgan fingerprint density at radius 1 is 1.28 bits per heavy atom. The summed E-state index contributed by atoms with van der Waals surface area (Å²) in [5, 5.41) is 0. The van der Waals surface area contributed by atoms with Gasteiger partial charge in [0.15, 0.2) is 0 Å². The number of benzene rings is 1. The van der Waals surface area contributed by atoms with E-state index in [-0.39, 0.29) is 5.78 Å². The normalized spacial score (nSPS) is 10.3. The van der Waals surface area contributed by atoms with Crippen molar-refractivity contribution in [3.05, 3.63) is 42.2 Å². The molecule has 0 amide bonds. The molecular weight excluding hydrogens is 226 g/mol. The quantitative estimate of drug-likeness (QED) is 0.806. The highest BCUT2D eigenvalue weighted by Crippen LogP contribution is 2.29. The third-order valence-corrected chi connectivity index (χ3v) is 2.73. The van der Waals surface area contributed by atoms with Gasteiger partial charge in [-0.1, -0.05) is 6.07 Å². The van der Waals surface area contributed by atoms with Gasteiger partial charge in [-0.25, -0.2) is 0 Å². The van der Waals surface area contributed by atoms with Crippen molar-refractivity contribution < 1.29 is 4.79 Å². The summed E-state index contributed by atoms with van der Waals surface area (Å²) in [5.74, 6) is 0.0597. The molecule has 1 heterocycles. The number of Topliss-reactive ketones (excluding diaryl/α,β-unsaturated/α-hetero) is 1. The van der Waals surface area contributed by atoms with Gasteiger partial charge in [0.25, 0.3) is 0 Å². The number of anilines is 2. The lowest BCUT2D eigenvalue weighted by Gasteiger charge is -2.10. The molecule has 18 heavy (non-hydrogen) atoms. The SMILES string of the molecule is CC(=O)Cc1cc(-c2cccnc2)cc(N)c1N. The summed E-state index contributed by atoms with van der Waals surface area (Å²) < 4.78 is 0. The molecule has 4 nitrogen and oxygen atoms in total. The third kappa shape index (κ3) is 2.48. The van der Waals surface area contributed by atoms with E-state index in [4.69, 9.17) is 11.5 Å². The largest absolute Gasteiger partial charge is 0.397 e. The number of nitrogens with zero attached hydrogens (tertiary/aromatic N) is 1. The molecule has 4 heteroatoms. The molecular formula is C14H15N3O. The summed E-state index contributed by atoms with van der Waals surface area (Å²) in [6.07, 6.45) is 3.76. The van der Waals surface area contributed by atoms with Crippen molar-refractivity contribution in [1.29, 1.82) is 0 Å². The lowest BCUT2D eigenvalue weighted by atomic mass is 9.99. The number of rotatable bonds is 3. The number of hydrogen-bond donors (Lipinski definition) is 2. The van der Waals surface area contributed by atoms with E-state index in [1.807, 2.05) is 18.2 Å². The van der Waals surface area contributed by atoms with E-state index in [2.05, 4.69) is 4.98 Å². The number of nitrogen functional groups attached to an aromatic ring is 2. The van der Waals surface area contributed by atoms with Crippen LogP contribution >= 0.6 is 0 Å². The van der Waals surface area contributed by atoms with Crippen LogP contribution in [-0.4, -0.2) is 10.8 Å². The first kappa shape index (κ1) is 12.1. The van der Waals surface area contributed by atoms with Crippen molar-refractivity contribution in [2.45, 2.75) is 13.3 Å². The van der Waals surface area contributed by atoms with E-state index in [9.17, 15) is 4.79 Å². The number of carbonyl (C=O) groups is 1. The molecule has 0 saturated carbocycles. The Morgan fingerprint density at radius 3 is 2.67 bits per heavy atom. The maximum Gasteiger partial charge on any atom is 0.134 e. The second kappa shape index (κ2) is 4.87. The molecule has 2 rings (SSSR count). The first-order chi connectivity index (χ1) is 8.58. The van der Waals surface area contributed by atoms with Crippen LogP contribution in [0.4, 0.5) is 11.4 Å². The number of aromatic nitrogens is 1. The summed E-state index contributed by atoms with van der Waals surface area (Å²) in [4.78, 5) is 15.3. The van der Waals surface area contributed by atoms with E-state index in [1.54, 1.807) is 18.5 Å². The molecule has 0 atom stereocenters. The van der Waals surface area contributed by atoms with Crippen molar-refractivity contribution in [2.24, 2.45) is 0 Å². The Bertz CT molecular complexity index is 579. The van der Waals surface area contributed by atoms with Gasteiger partial charge in [-0.2, -0.15) is 0 Å². The summed E-state index contributed by atoms with van der Waals surface area (Å²) in [5.41, 5.74) is 15.4. The second-order valence-corrected chi connectivity index (χ2v) is 4.26. The van der Waals surface area contributed by atoms with Crippen molar-refractivity contribution in [2.75, 3.05) is 11.5 Å². The molecule has 1 aromatic heterocycles. The number of nitrogens with two attached hydrogens (primary N) is 2. The maximum absolute atomic E-state index is 11.2. The summed E-state index contributed by atoms with van der Waals surface area (Å²) in [7, 11) is 0. The zero-order valence-corrected chi connectivity index (χ0v) is 10.2. The van der Waals surface area contributed by atoms with Gasteiger partial charge in [-0.15, -0.1) is 0 Å². The van der Waals surface area contributed by atoms with Gasteiger partial charge in [-0.05, 0) is 36.2 Å². The molecule has 0 aliphatic rings. The van der Waals surface area contributed by atoms with Crippen LogP contribution in [0.5, 0.6) is 0 Å². The van der Waals surface area contributed by atoms with Crippen LogP contribution < -0.4 is 11.5 Å². The van der Waals surface area contributed by atoms with Crippen LogP contribution in [-0.2, 0) is 11.2 Å². The first-order valence-electron chi connectivity index (χ1n) is 5.65. The average Bonchev–Trinajstić information content (AvgIpc) is 2.35. The van der Waals surface area contributed by atoms with Gasteiger partial charge in [0.05, 0.1) is 11.4 Å². The molecule has 0 aliphatic carbocycles. The van der Waals surface area contributed by atoms with Crippen LogP contribution in [0.15, 0.2) is 36.7 Å². The molecule has 1 aromatic carbocycles. The summed E-state index contributed by atoms with van der Waals surface area (Å²) >= 11 is 0. The number of pyridine rings is 1. The van der Waals surface area contributed by atoms with Crippen LogP contribution in [0.1, 0.15) is 12.5 Å². The molecule has 0 saturated heterocycles. The molecule has 4 N–H and O–H groups in total. The number of carbonyl (C=O) groups excluding carboxylic acids is 1. The monoisotopic (exact) mass is 241 g/mol. The summed E-state index contributed by atoms with van der Waals surface area (Å²) in [6, 6.07) is 7.49. The molecule has 92 valence electrons. The minimum atomic E-state index is 0.0597. The predicted molar refractivity (Wildman–Crippen MR) is 72.9 cm³/mol. The van der Waals surface area contributed by atoms with E-state index in [0.717, 1.165) is 16.7 Å². The molecule has 0 bridgehead atoms. The highest BCUT2D eigenvalue weighted by molar-refractivity contribution is 5.84. The molecule has 2 aromatic rings. The van der Waals surface area contributed by atoms with Gasteiger partial charge in [0.2, 0.25) is 0 Å². The number of hydrogen-bond acceptors (Lipinski definition) is 4. The van der Waals surface area contributed by atoms with Crippen molar-refractivity contribution >= 4 is 17.2 Å². The Morgan fingerprint density at radius 2 is 2.06 bits per heavy atom. The molecule has 0 spiro atoms. The van der Waals surface area contributed by atoms with Crippen molar-refractivity contribution in [3.8, 4) is 11.1 Å². The fourth-order valence-corrected chi connectivity index (χ4v) is 1.85. The first-order valence-corrected chi connectivity index (χ1v) is 5.65. The third-order valence-electron chi connectivity index (χ3n) is 2.73. The topological polar surface area (TPSA) is 82.0 Å². The highest BCUT2D eigenvalue weighted by atomic mass is 16.1.